The lowest BCUT2D eigenvalue weighted by Gasteiger charge is -2.27. The summed E-state index contributed by atoms with van der Waals surface area (Å²) >= 11 is 7.79. The van der Waals surface area contributed by atoms with Gasteiger partial charge < -0.3 is 14.5 Å². The third-order valence-corrected chi connectivity index (χ3v) is 9.02. The number of allylic oxidation sites excluding steroid dienone is 1. The number of aromatic nitrogens is 2. The summed E-state index contributed by atoms with van der Waals surface area (Å²) in [4.78, 5) is 37.1. The lowest BCUT2D eigenvalue weighted by molar-refractivity contribution is -0.139. The van der Waals surface area contributed by atoms with E-state index >= 15 is 0 Å². The number of halogens is 1. The Kier molecular flexibility index (Phi) is 8.29. The predicted molar refractivity (Wildman–Crippen MR) is 176 cm³/mol. The predicted octanol–water partition coefficient (Wildman–Crippen LogP) is 6.70. The number of esters is 1. The first-order chi connectivity index (χ1) is 21.4. The number of para-hydroxylation sites is 1. The fourth-order valence-corrected chi connectivity index (χ4v) is 7.01. The van der Waals surface area contributed by atoms with Crippen LogP contribution in [-0.4, -0.2) is 29.2 Å². The Hall–Kier alpha value is -4.40. The molecule has 0 saturated carbocycles. The zero-order chi connectivity index (χ0) is 31.0. The molecule has 1 N–H and O–H groups in total. The number of carbonyl (C=O) groups excluding carboxylic acids is 1. The van der Waals surface area contributed by atoms with E-state index in [1.54, 1.807) is 36.8 Å². The number of carbonyl (C=O) groups is 1. The third-order valence-electron chi connectivity index (χ3n) is 7.80. The summed E-state index contributed by atoms with van der Waals surface area (Å²) in [6.07, 6.45) is 3.23. The van der Waals surface area contributed by atoms with Crippen molar-refractivity contribution in [2.75, 3.05) is 13.7 Å². The Morgan fingerprint density at radius 2 is 1.91 bits per heavy atom. The number of ether oxygens (including phenoxy) is 2. The molecule has 0 saturated heterocycles. The highest BCUT2D eigenvalue weighted by Gasteiger charge is 2.36. The monoisotopic (exact) mass is 625 g/mol. The van der Waals surface area contributed by atoms with Crippen LogP contribution in [0.4, 0.5) is 0 Å². The molecule has 7 nitrogen and oxygen atoms in total. The number of hydrogen-bond acceptors (Lipinski definition) is 6. The molecule has 2 aromatic heterocycles. The Bertz CT molecular complexity index is 2110. The molecular formula is C35H32ClN3O4S. The average molecular weight is 626 g/mol. The van der Waals surface area contributed by atoms with E-state index in [-0.39, 0.29) is 12.2 Å². The SMILES string of the molecule is CCCC1=C(C(=O)OCC)[C@H](c2cc(Cl)ccc2OC)n2c(s/c(=C/c3c(-c4ccccc4)[nH]c4c(C)cccc34)c2=O)=N1. The molecule has 1 atom stereocenters. The first kappa shape index (κ1) is 29.7. The van der Waals surface area contributed by atoms with Gasteiger partial charge in [-0.05, 0) is 55.7 Å². The second kappa shape index (κ2) is 12.3. The van der Waals surface area contributed by atoms with Crippen molar-refractivity contribution < 1.29 is 14.3 Å². The molecule has 0 aliphatic carbocycles. The summed E-state index contributed by atoms with van der Waals surface area (Å²) in [6.45, 7) is 6.04. The van der Waals surface area contributed by atoms with Crippen molar-refractivity contribution in [1.82, 2.24) is 9.55 Å². The first-order valence-electron chi connectivity index (χ1n) is 14.6. The number of hydrogen-bond donors (Lipinski definition) is 1. The highest BCUT2D eigenvalue weighted by atomic mass is 35.5. The van der Waals surface area contributed by atoms with Crippen molar-refractivity contribution >= 4 is 45.9 Å². The summed E-state index contributed by atoms with van der Waals surface area (Å²) < 4.78 is 13.3. The molecule has 0 bridgehead atoms. The van der Waals surface area contributed by atoms with Gasteiger partial charge in [0.15, 0.2) is 4.80 Å². The number of aromatic amines is 1. The van der Waals surface area contributed by atoms with Gasteiger partial charge in [-0.2, -0.15) is 0 Å². The minimum Gasteiger partial charge on any atom is -0.496 e. The summed E-state index contributed by atoms with van der Waals surface area (Å²) in [5, 5.41) is 1.48. The summed E-state index contributed by atoms with van der Waals surface area (Å²) in [6, 6.07) is 20.6. The first-order valence-corrected chi connectivity index (χ1v) is 15.8. The number of aryl methyl sites for hydroxylation is 1. The van der Waals surface area contributed by atoms with Gasteiger partial charge in [-0.3, -0.25) is 9.36 Å². The summed E-state index contributed by atoms with van der Waals surface area (Å²) in [5.74, 6) is -0.00790. The standard InChI is InChI=1S/C35H32ClN3O4S/c1-5-11-26-29(34(41)43-6-2)32(25-18-22(36)16-17-27(25)42-4)39-33(40)28(44-35(39)37-26)19-24-23-15-10-12-20(3)30(23)38-31(24)21-13-8-7-9-14-21/h7-10,12-19,32,38H,5-6,11H2,1-4H3/b28-19+/t32-/m0/s1. The van der Waals surface area contributed by atoms with Crippen LogP contribution in [-0.2, 0) is 9.53 Å². The molecule has 0 spiro atoms. The number of thiazole rings is 1. The van der Waals surface area contributed by atoms with Crippen LogP contribution in [0.25, 0.3) is 28.2 Å². The lowest BCUT2D eigenvalue weighted by Crippen LogP contribution is -2.40. The topological polar surface area (TPSA) is 85.7 Å². The molecule has 0 fully saturated rings. The van der Waals surface area contributed by atoms with Crippen molar-refractivity contribution in [3.63, 3.8) is 0 Å². The van der Waals surface area contributed by atoms with Crippen LogP contribution in [0.3, 0.4) is 0 Å². The second-order valence-electron chi connectivity index (χ2n) is 10.6. The molecule has 3 aromatic carbocycles. The molecule has 0 amide bonds. The third kappa shape index (κ3) is 5.18. The molecule has 5 aromatic rings. The van der Waals surface area contributed by atoms with Gasteiger partial charge in [-0.15, -0.1) is 0 Å². The van der Waals surface area contributed by atoms with Crippen molar-refractivity contribution in [1.29, 1.82) is 0 Å². The quantitative estimate of drug-likeness (QED) is 0.195. The smallest absolute Gasteiger partial charge is 0.338 e. The second-order valence-corrected chi connectivity index (χ2v) is 12.0. The minimum absolute atomic E-state index is 0.188. The van der Waals surface area contributed by atoms with Crippen LogP contribution < -0.4 is 19.6 Å². The van der Waals surface area contributed by atoms with E-state index in [4.69, 9.17) is 26.1 Å². The zero-order valence-corrected chi connectivity index (χ0v) is 26.5. The van der Waals surface area contributed by atoms with Gasteiger partial charge in [0.1, 0.15) is 11.8 Å². The summed E-state index contributed by atoms with van der Waals surface area (Å²) in [5.41, 5.74) is 6.21. The normalized spacial score (nSPS) is 14.9. The number of nitrogens with zero attached hydrogens (tertiary/aromatic N) is 2. The number of fused-ring (bicyclic) bond motifs is 2. The number of methoxy groups -OCH3 is 1. The van der Waals surface area contributed by atoms with E-state index in [1.807, 2.05) is 49.4 Å². The van der Waals surface area contributed by atoms with Gasteiger partial charge in [-0.1, -0.05) is 84.8 Å². The van der Waals surface area contributed by atoms with Crippen LogP contribution in [0.2, 0.25) is 5.02 Å². The number of rotatable bonds is 8. The Labute approximate surface area is 263 Å². The Morgan fingerprint density at radius 3 is 2.64 bits per heavy atom. The molecule has 1 aliphatic rings. The maximum atomic E-state index is 14.5. The number of benzene rings is 3. The van der Waals surface area contributed by atoms with Gasteiger partial charge in [0, 0.05) is 27.1 Å². The van der Waals surface area contributed by atoms with E-state index in [1.165, 1.54) is 11.3 Å². The fraction of sp³-hybridized carbons (Fsp3) is 0.229. The Balaban J connectivity index is 1.67. The van der Waals surface area contributed by atoms with Crippen LogP contribution in [0.5, 0.6) is 5.75 Å². The Morgan fingerprint density at radius 1 is 1.11 bits per heavy atom. The highest BCUT2D eigenvalue weighted by molar-refractivity contribution is 7.07. The van der Waals surface area contributed by atoms with Gasteiger partial charge in [0.05, 0.1) is 35.2 Å². The van der Waals surface area contributed by atoms with Crippen LogP contribution in [0.15, 0.2) is 87.8 Å². The highest BCUT2D eigenvalue weighted by Crippen LogP contribution is 2.38. The molecular weight excluding hydrogens is 594 g/mol. The van der Waals surface area contributed by atoms with Crippen molar-refractivity contribution in [2.45, 2.75) is 39.7 Å². The molecule has 0 unspecified atom stereocenters. The molecule has 224 valence electrons. The van der Waals surface area contributed by atoms with Crippen molar-refractivity contribution in [3.05, 3.63) is 119 Å². The van der Waals surface area contributed by atoms with E-state index in [9.17, 15) is 9.59 Å². The summed E-state index contributed by atoms with van der Waals surface area (Å²) in [7, 11) is 1.56. The maximum absolute atomic E-state index is 14.5. The van der Waals surface area contributed by atoms with Crippen LogP contribution >= 0.6 is 22.9 Å². The van der Waals surface area contributed by atoms with E-state index < -0.39 is 12.0 Å². The fourth-order valence-electron chi connectivity index (χ4n) is 5.83. The van der Waals surface area contributed by atoms with E-state index in [0.717, 1.165) is 39.7 Å². The molecule has 1 aliphatic heterocycles. The van der Waals surface area contributed by atoms with E-state index in [2.05, 4.69) is 24.0 Å². The van der Waals surface area contributed by atoms with Gasteiger partial charge >= 0.3 is 5.97 Å². The lowest BCUT2D eigenvalue weighted by atomic mass is 9.93. The molecule has 9 heteroatoms. The maximum Gasteiger partial charge on any atom is 0.338 e. The zero-order valence-electron chi connectivity index (χ0n) is 24.9. The molecule has 3 heterocycles. The number of H-pyrrole nitrogens is 1. The average Bonchev–Trinajstić information content (AvgIpc) is 3.55. The minimum atomic E-state index is -0.832. The van der Waals surface area contributed by atoms with Gasteiger partial charge in [-0.25, -0.2) is 9.79 Å². The van der Waals surface area contributed by atoms with Crippen LogP contribution in [0.1, 0.15) is 49.4 Å². The van der Waals surface area contributed by atoms with Gasteiger partial charge in [0.25, 0.3) is 5.56 Å². The van der Waals surface area contributed by atoms with Crippen molar-refractivity contribution in [2.24, 2.45) is 4.99 Å². The molecule has 44 heavy (non-hydrogen) atoms. The number of nitrogens with one attached hydrogen (secondary N) is 1. The molecule has 6 rings (SSSR count). The van der Waals surface area contributed by atoms with Crippen LogP contribution in [0, 0.1) is 6.92 Å². The van der Waals surface area contributed by atoms with Gasteiger partial charge in [0.2, 0.25) is 0 Å². The van der Waals surface area contributed by atoms with E-state index in [0.29, 0.717) is 43.4 Å². The largest absolute Gasteiger partial charge is 0.496 e. The molecule has 0 radical (unpaired) electrons. The van der Waals surface area contributed by atoms with Crippen molar-refractivity contribution in [3.8, 4) is 17.0 Å².